The summed E-state index contributed by atoms with van der Waals surface area (Å²) in [5.41, 5.74) is 2.68. The van der Waals surface area contributed by atoms with Crippen molar-refractivity contribution in [1.29, 1.82) is 0 Å². The van der Waals surface area contributed by atoms with Gasteiger partial charge in [-0.1, -0.05) is 32.0 Å². The second-order valence-electron chi connectivity index (χ2n) is 13.2. The van der Waals surface area contributed by atoms with E-state index in [2.05, 4.69) is 39.3 Å². The van der Waals surface area contributed by atoms with Crippen LogP contribution in [0.4, 0.5) is 4.79 Å². The maximum atomic E-state index is 13.6. The first kappa shape index (κ1) is 25.4. The Balaban J connectivity index is 1.21. The molecular weight excluding hydrogens is 478 g/mol. The predicted molar refractivity (Wildman–Crippen MR) is 142 cm³/mol. The van der Waals surface area contributed by atoms with E-state index in [1.165, 1.54) is 5.70 Å². The number of amides is 2. The van der Waals surface area contributed by atoms with Gasteiger partial charge in [-0.05, 0) is 79.4 Å². The van der Waals surface area contributed by atoms with Crippen LogP contribution in [0.1, 0.15) is 64.4 Å². The summed E-state index contributed by atoms with van der Waals surface area (Å²) < 4.78 is 1.51. The summed E-state index contributed by atoms with van der Waals surface area (Å²) in [6, 6.07) is 7.31. The van der Waals surface area contributed by atoms with E-state index in [-0.39, 0.29) is 22.7 Å². The first-order valence-electron chi connectivity index (χ1n) is 14.1. The minimum Gasteiger partial charge on any atom is -0.529 e. The van der Waals surface area contributed by atoms with Crippen LogP contribution in [0.5, 0.6) is 0 Å². The number of nitrogens with one attached hydrogen (secondary N) is 1. The van der Waals surface area contributed by atoms with Crippen LogP contribution in [0.25, 0.3) is 10.9 Å². The molecule has 6 unspecified atom stereocenters. The van der Waals surface area contributed by atoms with Crippen LogP contribution in [0.3, 0.4) is 0 Å². The molecule has 0 spiro atoms. The van der Waals surface area contributed by atoms with Crippen LogP contribution >= 0.6 is 0 Å². The summed E-state index contributed by atoms with van der Waals surface area (Å²) in [7, 11) is 4.11. The number of carboxylic acid groups (broad SMARTS) is 1. The van der Waals surface area contributed by atoms with Gasteiger partial charge in [0, 0.05) is 29.5 Å². The number of piperidine rings is 1. The molecule has 1 saturated heterocycles. The van der Waals surface area contributed by atoms with Crippen molar-refractivity contribution in [3.63, 3.8) is 0 Å². The molecule has 7 nitrogen and oxygen atoms in total. The summed E-state index contributed by atoms with van der Waals surface area (Å²) in [5, 5.41) is 15.6. The fourth-order valence-corrected chi connectivity index (χ4v) is 9.32. The number of rotatable bonds is 3. The highest BCUT2D eigenvalue weighted by Crippen LogP contribution is 2.66. The SMILES string of the molecule is CC12CCC(=O)[N+](C)(C)C1=CCC1C2CCC2(C)C(C(=O)NCc3cn(C(=O)[O-])c4ccccc34)CCC12. The van der Waals surface area contributed by atoms with Crippen LogP contribution in [0.15, 0.2) is 42.2 Å². The van der Waals surface area contributed by atoms with Crippen molar-refractivity contribution < 1.29 is 24.0 Å². The molecule has 0 bridgehead atoms. The highest BCUT2D eigenvalue weighted by atomic mass is 16.4. The fraction of sp³-hybridized carbons (Fsp3) is 0.581. The number of hydrogen-bond acceptors (Lipinski definition) is 4. The number of fused-ring (bicyclic) bond motifs is 6. The molecule has 6 rings (SSSR count). The standard InChI is InChI=1S/C31H39N3O4/c1-30-15-13-23-21(9-12-26-31(23,2)16-14-27(35)34(26,3)4)22(30)10-11-24(30)28(36)32-17-19-18-33(29(37)38)25-8-6-5-7-20(19)25/h5-8,12,18,21-24H,9-11,13-17H2,1-4H3,(H-,32,36,37,38). The number of carbonyl (C=O) groups is 3. The molecule has 38 heavy (non-hydrogen) atoms. The third-order valence-corrected chi connectivity index (χ3v) is 11.3. The predicted octanol–water partition coefficient (Wildman–Crippen LogP) is 4.20. The minimum absolute atomic E-state index is 0.0405. The lowest BCUT2D eigenvalue weighted by atomic mass is 9.48. The average molecular weight is 518 g/mol. The maximum absolute atomic E-state index is 13.6. The molecule has 1 aliphatic heterocycles. The molecule has 2 saturated carbocycles. The Bertz CT molecular complexity index is 1370. The molecule has 202 valence electrons. The van der Waals surface area contributed by atoms with Crippen molar-refractivity contribution >= 4 is 28.8 Å². The summed E-state index contributed by atoms with van der Waals surface area (Å²) in [6.45, 7) is 5.03. The highest BCUT2D eigenvalue weighted by molar-refractivity contribution is 5.91. The van der Waals surface area contributed by atoms with Gasteiger partial charge < -0.3 is 19.8 Å². The molecule has 4 aliphatic rings. The van der Waals surface area contributed by atoms with Gasteiger partial charge in [-0.15, -0.1) is 0 Å². The second kappa shape index (κ2) is 8.54. The zero-order valence-electron chi connectivity index (χ0n) is 23.0. The Kier molecular flexibility index (Phi) is 5.69. The number of quaternary nitrogens is 1. The summed E-state index contributed by atoms with van der Waals surface area (Å²) in [5.74, 6) is 1.96. The molecule has 2 amide bonds. The molecule has 2 heterocycles. The van der Waals surface area contributed by atoms with E-state index in [0.717, 1.165) is 54.0 Å². The van der Waals surface area contributed by atoms with Crippen molar-refractivity contribution in [1.82, 2.24) is 9.88 Å². The van der Waals surface area contributed by atoms with Gasteiger partial charge in [0.05, 0.1) is 26.0 Å². The third kappa shape index (κ3) is 3.47. The van der Waals surface area contributed by atoms with Crippen molar-refractivity contribution in [3.05, 3.63) is 47.8 Å². The zero-order valence-corrected chi connectivity index (χ0v) is 23.0. The molecule has 2 aromatic rings. The molecule has 3 fully saturated rings. The van der Waals surface area contributed by atoms with Crippen molar-refractivity contribution in [2.24, 2.45) is 34.5 Å². The first-order chi connectivity index (χ1) is 18.0. The molecule has 7 heteroatoms. The highest BCUT2D eigenvalue weighted by Gasteiger charge is 2.63. The van der Waals surface area contributed by atoms with Crippen molar-refractivity contribution in [3.8, 4) is 0 Å². The summed E-state index contributed by atoms with van der Waals surface area (Å²) in [6.07, 6.45) is 9.34. The van der Waals surface area contributed by atoms with Gasteiger partial charge in [-0.3, -0.25) is 4.79 Å². The van der Waals surface area contributed by atoms with Gasteiger partial charge in [0.15, 0.2) is 0 Å². The van der Waals surface area contributed by atoms with Gasteiger partial charge in [0.2, 0.25) is 5.91 Å². The van der Waals surface area contributed by atoms with Gasteiger partial charge >= 0.3 is 5.91 Å². The minimum atomic E-state index is -1.27. The normalized spacial score (nSPS) is 35.7. The topological polar surface area (TPSA) is 91.2 Å². The lowest BCUT2D eigenvalue weighted by Gasteiger charge is -2.58. The van der Waals surface area contributed by atoms with E-state index >= 15 is 0 Å². The quantitative estimate of drug-likeness (QED) is 0.618. The summed E-state index contributed by atoms with van der Waals surface area (Å²) in [4.78, 5) is 38.0. The summed E-state index contributed by atoms with van der Waals surface area (Å²) >= 11 is 0. The smallest absolute Gasteiger partial charge is 0.318 e. The Morgan fingerprint density at radius 2 is 1.87 bits per heavy atom. The van der Waals surface area contributed by atoms with Crippen LogP contribution in [0.2, 0.25) is 0 Å². The van der Waals surface area contributed by atoms with Crippen LogP contribution in [-0.4, -0.2) is 41.1 Å². The largest absolute Gasteiger partial charge is 0.529 e. The Morgan fingerprint density at radius 1 is 1.11 bits per heavy atom. The Labute approximate surface area is 224 Å². The third-order valence-electron chi connectivity index (χ3n) is 11.3. The maximum Gasteiger partial charge on any atom is 0.318 e. The molecular formula is C31H39N3O4. The van der Waals surface area contributed by atoms with Gasteiger partial charge in [0.1, 0.15) is 11.8 Å². The molecule has 0 radical (unpaired) electrons. The molecule has 1 N–H and O–H groups in total. The van der Waals surface area contributed by atoms with E-state index in [9.17, 15) is 19.5 Å². The molecule has 3 aliphatic carbocycles. The van der Waals surface area contributed by atoms with E-state index in [1.807, 2.05) is 12.1 Å². The van der Waals surface area contributed by atoms with Crippen LogP contribution in [-0.2, 0) is 16.1 Å². The van der Waals surface area contributed by atoms with E-state index in [1.54, 1.807) is 18.3 Å². The Hall–Kier alpha value is -2.93. The number of nitrogens with zero attached hydrogens (tertiary/aromatic N) is 2. The zero-order chi connectivity index (χ0) is 27.0. The van der Waals surface area contributed by atoms with Gasteiger partial charge in [0.25, 0.3) is 0 Å². The van der Waals surface area contributed by atoms with Crippen LogP contribution < -0.4 is 10.4 Å². The second-order valence-corrected chi connectivity index (χ2v) is 13.2. The first-order valence-corrected chi connectivity index (χ1v) is 14.1. The molecule has 6 atom stereocenters. The van der Waals surface area contributed by atoms with Gasteiger partial charge in [-0.2, -0.15) is 0 Å². The number of hydrogen-bond donors (Lipinski definition) is 1. The number of para-hydroxylation sites is 1. The van der Waals surface area contributed by atoms with E-state index < -0.39 is 6.09 Å². The van der Waals surface area contributed by atoms with Crippen molar-refractivity contribution in [2.75, 3.05) is 14.1 Å². The fourth-order valence-electron chi connectivity index (χ4n) is 9.32. The molecule has 1 aromatic carbocycles. The number of benzene rings is 1. The lowest BCUT2D eigenvalue weighted by molar-refractivity contribution is -0.786. The van der Waals surface area contributed by atoms with Gasteiger partial charge in [-0.25, -0.2) is 9.28 Å². The van der Waals surface area contributed by atoms with Crippen molar-refractivity contribution in [2.45, 2.75) is 65.3 Å². The van der Waals surface area contributed by atoms with E-state index in [0.29, 0.717) is 46.6 Å². The lowest BCUT2D eigenvalue weighted by Crippen LogP contribution is -2.59. The number of allylic oxidation sites excluding steroid dienone is 2. The number of aromatic nitrogens is 1. The molecule has 1 aromatic heterocycles. The number of carbonyl (C=O) groups excluding carboxylic acids is 3. The average Bonchev–Trinajstić information content (AvgIpc) is 3.43. The van der Waals surface area contributed by atoms with Crippen LogP contribution in [0, 0.1) is 34.5 Å². The van der Waals surface area contributed by atoms with E-state index in [4.69, 9.17) is 0 Å². The number of likely N-dealkylation sites (tertiary alicyclic amines) is 1. The monoisotopic (exact) mass is 517 g/mol. The Morgan fingerprint density at radius 3 is 2.63 bits per heavy atom.